The van der Waals surface area contributed by atoms with E-state index in [4.69, 9.17) is 5.73 Å². The molecule has 162 valence electrons. The first-order valence-electron chi connectivity index (χ1n) is 9.23. The molecule has 0 radical (unpaired) electrons. The quantitative estimate of drug-likeness (QED) is 0.665. The average molecular weight is 462 g/mol. The summed E-state index contributed by atoms with van der Waals surface area (Å²) in [5, 5.41) is 3.06. The summed E-state index contributed by atoms with van der Waals surface area (Å²) in [5.41, 5.74) is 9.31. The summed E-state index contributed by atoms with van der Waals surface area (Å²) in [5.74, 6) is -0.0513. The van der Waals surface area contributed by atoms with Gasteiger partial charge in [0.05, 0.1) is 0 Å². The molecule has 0 aliphatic carbocycles. The first-order valence-corrected chi connectivity index (χ1v) is 9.23. The molecule has 1 saturated heterocycles. The number of halogens is 3. The lowest BCUT2D eigenvalue weighted by Crippen LogP contribution is -2.52. The fraction of sp³-hybridized carbons (Fsp3) is 0.381. The predicted octanol–water partition coefficient (Wildman–Crippen LogP) is 3.78. The van der Waals surface area contributed by atoms with Gasteiger partial charge < -0.3 is 16.0 Å². The summed E-state index contributed by atoms with van der Waals surface area (Å²) in [4.78, 5) is 17.3. The van der Waals surface area contributed by atoms with Gasteiger partial charge in [-0.25, -0.2) is 0 Å². The van der Waals surface area contributed by atoms with Crippen molar-refractivity contribution in [1.29, 1.82) is 0 Å². The Hall–Kier alpha value is -1.66. The van der Waals surface area contributed by atoms with Crippen LogP contribution < -0.4 is 16.0 Å². The minimum atomic E-state index is -0.0513. The number of nitrogens with one attached hydrogen (secondary N) is 1. The molecule has 5 nitrogen and oxygen atoms in total. The third kappa shape index (κ3) is 7.27. The highest BCUT2D eigenvalue weighted by molar-refractivity contribution is 5.96. The SMILES string of the molecule is Cc1ccc(N)cc1C(=O)NCC(C)N1CCN(c2ccccc2)CC1.Cl.Cl.Cl. The van der Waals surface area contributed by atoms with E-state index in [0.29, 0.717) is 23.8 Å². The number of nitrogen functional groups attached to an aromatic ring is 1. The maximum absolute atomic E-state index is 12.4. The van der Waals surface area contributed by atoms with Gasteiger partial charge in [-0.05, 0) is 43.7 Å². The lowest BCUT2D eigenvalue weighted by Gasteiger charge is -2.39. The number of amides is 1. The van der Waals surface area contributed by atoms with Crippen molar-refractivity contribution >= 4 is 54.5 Å². The van der Waals surface area contributed by atoms with E-state index in [-0.39, 0.29) is 43.1 Å². The summed E-state index contributed by atoms with van der Waals surface area (Å²) in [6, 6.07) is 16.3. The summed E-state index contributed by atoms with van der Waals surface area (Å²) in [6.45, 7) is 8.77. The van der Waals surface area contributed by atoms with E-state index in [2.05, 4.69) is 46.3 Å². The monoisotopic (exact) mass is 460 g/mol. The second kappa shape index (κ2) is 12.8. The number of carbonyl (C=O) groups is 1. The number of nitrogens with two attached hydrogens (primary N) is 1. The van der Waals surface area contributed by atoms with Crippen LogP contribution >= 0.6 is 37.2 Å². The van der Waals surface area contributed by atoms with E-state index in [9.17, 15) is 4.79 Å². The zero-order valence-electron chi connectivity index (χ0n) is 16.8. The zero-order chi connectivity index (χ0) is 18.5. The molecule has 29 heavy (non-hydrogen) atoms. The standard InChI is InChI=1S/C21H28N4O.3ClH/c1-16-8-9-18(22)14-20(16)21(26)23-15-17(2)24-10-12-25(13-11-24)19-6-4-3-5-7-19;;;/h3-9,14,17H,10-13,15,22H2,1-2H3,(H,23,26);3*1H. The van der Waals surface area contributed by atoms with Crippen molar-refractivity contribution in [2.24, 2.45) is 0 Å². The van der Waals surface area contributed by atoms with E-state index in [1.54, 1.807) is 6.07 Å². The number of rotatable bonds is 5. The Bertz CT molecular complexity index is 753. The van der Waals surface area contributed by atoms with Crippen LogP contribution in [0.15, 0.2) is 48.5 Å². The number of benzene rings is 2. The van der Waals surface area contributed by atoms with Crippen molar-refractivity contribution in [2.45, 2.75) is 19.9 Å². The Morgan fingerprint density at radius 1 is 1.03 bits per heavy atom. The lowest BCUT2D eigenvalue weighted by atomic mass is 10.1. The number of carbonyl (C=O) groups excluding carboxylic acids is 1. The molecular formula is C21H31Cl3N4O. The van der Waals surface area contributed by atoms with E-state index in [1.165, 1.54) is 5.69 Å². The Kier molecular flexibility index (Phi) is 12.1. The molecule has 2 aromatic carbocycles. The van der Waals surface area contributed by atoms with Crippen LogP contribution in [0.25, 0.3) is 0 Å². The van der Waals surface area contributed by atoms with Gasteiger partial charge in [0.25, 0.3) is 5.91 Å². The van der Waals surface area contributed by atoms with Crippen LogP contribution in [-0.4, -0.2) is 49.6 Å². The minimum absolute atomic E-state index is 0. The molecule has 8 heteroatoms. The molecule has 3 N–H and O–H groups in total. The fourth-order valence-corrected chi connectivity index (χ4v) is 3.41. The Balaban J connectivity index is 0.00000261. The molecule has 0 saturated carbocycles. The van der Waals surface area contributed by atoms with Gasteiger partial charge in [0.1, 0.15) is 0 Å². The Morgan fingerprint density at radius 2 is 1.66 bits per heavy atom. The van der Waals surface area contributed by atoms with Crippen molar-refractivity contribution in [1.82, 2.24) is 10.2 Å². The fourth-order valence-electron chi connectivity index (χ4n) is 3.41. The van der Waals surface area contributed by atoms with Gasteiger partial charge >= 0.3 is 0 Å². The van der Waals surface area contributed by atoms with E-state index >= 15 is 0 Å². The van der Waals surface area contributed by atoms with Gasteiger partial charge in [0.15, 0.2) is 0 Å². The Morgan fingerprint density at radius 3 is 2.28 bits per heavy atom. The van der Waals surface area contributed by atoms with E-state index in [0.717, 1.165) is 31.7 Å². The predicted molar refractivity (Wildman–Crippen MR) is 129 cm³/mol. The van der Waals surface area contributed by atoms with E-state index in [1.807, 2.05) is 25.1 Å². The number of hydrogen-bond donors (Lipinski definition) is 2. The number of aryl methyl sites for hydroxylation is 1. The van der Waals surface area contributed by atoms with Crippen molar-refractivity contribution in [3.63, 3.8) is 0 Å². The molecule has 3 rings (SSSR count). The summed E-state index contributed by atoms with van der Waals surface area (Å²) >= 11 is 0. The number of anilines is 2. The third-order valence-corrected chi connectivity index (χ3v) is 5.12. The normalized spacial score (nSPS) is 14.6. The number of nitrogens with zero attached hydrogens (tertiary/aromatic N) is 2. The largest absolute Gasteiger partial charge is 0.399 e. The average Bonchev–Trinajstić information content (AvgIpc) is 2.68. The van der Waals surface area contributed by atoms with Gasteiger partial charge in [0.2, 0.25) is 0 Å². The van der Waals surface area contributed by atoms with Crippen molar-refractivity contribution in [2.75, 3.05) is 43.4 Å². The molecule has 1 aliphatic rings. The minimum Gasteiger partial charge on any atom is -0.399 e. The molecule has 1 amide bonds. The van der Waals surface area contributed by atoms with Gasteiger partial charge in [-0.1, -0.05) is 24.3 Å². The number of hydrogen-bond acceptors (Lipinski definition) is 4. The van der Waals surface area contributed by atoms with Crippen LogP contribution in [-0.2, 0) is 0 Å². The van der Waals surface area contributed by atoms with Crippen LogP contribution in [0, 0.1) is 6.92 Å². The zero-order valence-corrected chi connectivity index (χ0v) is 19.3. The van der Waals surface area contributed by atoms with Gasteiger partial charge in [-0.3, -0.25) is 9.69 Å². The molecule has 1 unspecified atom stereocenters. The third-order valence-electron chi connectivity index (χ3n) is 5.12. The second-order valence-electron chi connectivity index (χ2n) is 6.99. The Labute approximate surface area is 192 Å². The highest BCUT2D eigenvalue weighted by atomic mass is 35.5. The summed E-state index contributed by atoms with van der Waals surface area (Å²) in [7, 11) is 0. The molecule has 0 bridgehead atoms. The molecule has 2 aromatic rings. The van der Waals surface area contributed by atoms with Gasteiger partial charge in [-0.2, -0.15) is 0 Å². The molecule has 0 aromatic heterocycles. The molecule has 1 atom stereocenters. The van der Waals surface area contributed by atoms with Crippen LogP contribution in [0.3, 0.4) is 0 Å². The number of para-hydroxylation sites is 1. The van der Waals surface area contributed by atoms with Crippen LogP contribution in [0.2, 0.25) is 0 Å². The molecule has 0 spiro atoms. The summed E-state index contributed by atoms with van der Waals surface area (Å²) < 4.78 is 0. The van der Waals surface area contributed by atoms with Crippen LogP contribution in [0.5, 0.6) is 0 Å². The maximum Gasteiger partial charge on any atom is 0.251 e. The first kappa shape index (κ1) is 27.3. The highest BCUT2D eigenvalue weighted by Gasteiger charge is 2.21. The van der Waals surface area contributed by atoms with Crippen molar-refractivity contribution < 1.29 is 4.79 Å². The molecular weight excluding hydrogens is 431 g/mol. The van der Waals surface area contributed by atoms with Gasteiger partial charge in [-0.15, -0.1) is 37.2 Å². The smallest absolute Gasteiger partial charge is 0.251 e. The topological polar surface area (TPSA) is 61.6 Å². The molecule has 1 heterocycles. The molecule has 1 fully saturated rings. The summed E-state index contributed by atoms with van der Waals surface area (Å²) in [6.07, 6.45) is 0. The van der Waals surface area contributed by atoms with E-state index < -0.39 is 0 Å². The second-order valence-corrected chi connectivity index (χ2v) is 6.99. The van der Waals surface area contributed by atoms with Gasteiger partial charge in [0, 0.05) is 55.7 Å². The van der Waals surface area contributed by atoms with Crippen LogP contribution in [0.1, 0.15) is 22.8 Å². The first-order chi connectivity index (χ1) is 12.5. The maximum atomic E-state index is 12.4. The number of piperazine rings is 1. The van der Waals surface area contributed by atoms with Crippen LogP contribution in [0.4, 0.5) is 11.4 Å². The van der Waals surface area contributed by atoms with Crippen molar-refractivity contribution in [3.8, 4) is 0 Å². The lowest BCUT2D eigenvalue weighted by molar-refractivity contribution is 0.0933. The highest BCUT2D eigenvalue weighted by Crippen LogP contribution is 2.17. The van der Waals surface area contributed by atoms with Crippen molar-refractivity contribution in [3.05, 3.63) is 59.7 Å². The molecule has 1 aliphatic heterocycles.